The van der Waals surface area contributed by atoms with E-state index in [0.717, 1.165) is 24.0 Å². The number of alkyl carbamates (subject to hydrolysis) is 1. The Bertz CT molecular complexity index is 1850. The second kappa shape index (κ2) is 15.3. The molecule has 14 heteroatoms. The van der Waals surface area contributed by atoms with Crippen LogP contribution >= 0.6 is 0 Å². The van der Waals surface area contributed by atoms with Crippen molar-refractivity contribution < 1.29 is 41.9 Å². The minimum Gasteiger partial charge on any atom is -0.457 e. The Morgan fingerprint density at radius 2 is 1.62 bits per heavy atom. The Hall–Kier alpha value is -4.72. The molecule has 3 fully saturated rings. The van der Waals surface area contributed by atoms with E-state index in [0.29, 0.717) is 25.7 Å². The van der Waals surface area contributed by atoms with Gasteiger partial charge in [0, 0.05) is 12.3 Å². The maximum atomic E-state index is 14.3. The fourth-order valence-electron chi connectivity index (χ4n) is 6.95. The summed E-state index contributed by atoms with van der Waals surface area (Å²) in [7, 11) is -3.90. The van der Waals surface area contributed by atoms with Gasteiger partial charge in [-0.25, -0.2) is 18.0 Å². The summed E-state index contributed by atoms with van der Waals surface area (Å²) in [6.45, 7) is 4.98. The molecule has 284 valence electrons. The number of allylic oxidation sites excluding steroid dienone is 1. The highest BCUT2D eigenvalue weighted by atomic mass is 32.2. The number of ether oxygens (including phenoxy) is 2. The monoisotopic (exact) mass is 748 g/mol. The van der Waals surface area contributed by atoms with Crippen molar-refractivity contribution >= 4 is 39.8 Å². The first-order valence-corrected chi connectivity index (χ1v) is 19.9. The van der Waals surface area contributed by atoms with E-state index in [1.54, 1.807) is 32.9 Å². The topological polar surface area (TPSA) is 177 Å². The molecular weight excluding hydrogens is 701 g/mol. The molecule has 2 aliphatic carbocycles. The minimum absolute atomic E-state index is 0.0802. The molecule has 0 bridgehead atoms. The van der Waals surface area contributed by atoms with Crippen LogP contribution < -0.4 is 15.4 Å². The van der Waals surface area contributed by atoms with E-state index >= 15 is 0 Å². The van der Waals surface area contributed by atoms with Crippen LogP contribution in [0, 0.1) is 5.92 Å². The molecule has 2 aliphatic heterocycles. The van der Waals surface area contributed by atoms with Gasteiger partial charge in [0.15, 0.2) is 0 Å². The van der Waals surface area contributed by atoms with Gasteiger partial charge in [-0.15, -0.1) is 0 Å². The minimum atomic E-state index is -3.90. The molecule has 5 atom stereocenters. The van der Waals surface area contributed by atoms with Crippen LogP contribution in [0.1, 0.15) is 88.9 Å². The number of amides is 4. The Morgan fingerprint density at radius 3 is 2.30 bits per heavy atom. The number of nitrogens with zero attached hydrogens (tertiary/aromatic N) is 1. The van der Waals surface area contributed by atoms with Crippen molar-refractivity contribution in [1.29, 1.82) is 0 Å². The van der Waals surface area contributed by atoms with Crippen LogP contribution in [-0.2, 0) is 33.9 Å². The molecule has 2 aromatic rings. The molecule has 0 spiro atoms. The summed E-state index contributed by atoms with van der Waals surface area (Å²) in [5, 5.41) is 4.86. The molecule has 53 heavy (non-hydrogen) atoms. The first-order chi connectivity index (χ1) is 25.1. The van der Waals surface area contributed by atoms with Gasteiger partial charge in [-0.2, -0.15) is 0 Å². The standard InChI is InChI=1S/C39H48N4O9S/c1-38(2,3)52-37(48)40-31-15-11-6-4-5-10-14-28-23-39(28,36(47)42-53(49,50)30-20-21-30)41-33(44)32-22-29(24-43(32)34(31)45)51-35(46)27-18-16-26(17-19-27)25-12-8-7-9-13-25/h7-10,12-14,16-19,28-32H,4-6,11,15,20-24H2,1-3H3,(H,40,48)(H,41,44)(H,42,47)/b14-10+. The van der Waals surface area contributed by atoms with Crippen LogP contribution in [0.4, 0.5) is 4.79 Å². The highest BCUT2D eigenvalue weighted by molar-refractivity contribution is 7.91. The van der Waals surface area contributed by atoms with E-state index < -0.39 is 80.3 Å². The van der Waals surface area contributed by atoms with Crippen LogP contribution in [0.15, 0.2) is 66.7 Å². The van der Waals surface area contributed by atoms with Gasteiger partial charge in [0.05, 0.1) is 17.4 Å². The van der Waals surface area contributed by atoms with Crippen molar-refractivity contribution in [2.45, 2.75) is 113 Å². The Morgan fingerprint density at radius 1 is 0.925 bits per heavy atom. The van der Waals surface area contributed by atoms with Crippen molar-refractivity contribution in [3.05, 3.63) is 72.3 Å². The van der Waals surface area contributed by atoms with Gasteiger partial charge < -0.3 is 25.0 Å². The lowest BCUT2D eigenvalue weighted by molar-refractivity contribution is -0.141. The van der Waals surface area contributed by atoms with Crippen molar-refractivity contribution in [3.63, 3.8) is 0 Å². The number of rotatable bonds is 7. The number of carbonyl (C=O) groups is 5. The van der Waals surface area contributed by atoms with Crippen LogP contribution in [-0.4, -0.2) is 84.2 Å². The number of esters is 1. The molecular formula is C39H48N4O9S. The van der Waals surface area contributed by atoms with Crippen LogP contribution in [0.2, 0.25) is 0 Å². The highest BCUT2D eigenvalue weighted by Gasteiger charge is 2.62. The number of nitrogens with one attached hydrogen (secondary N) is 3. The van der Waals surface area contributed by atoms with Crippen LogP contribution in [0.5, 0.6) is 0 Å². The highest BCUT2D eigenvalue weighted by Crippen LogP contribution is 2.46. The summed E-state index contributed by atoms with van der Waals surface area (Å²) in [5.41, 5.74) is -0.174. The van der Waals surface area contributed by atoms with Crippen molar-refractivity contribution in [3.8, 4) is 11.1 Å². The third-order valence-electron chi connectivity index (χ3n) is 10.0. The molecule has 2 heterocycles. The zero-order valence-corrected chi connectivity index (χ0v) is 31.2. The zero-order chi connectivity index (χ0) is 38.0. The lowest BCUT2D eigenvalue weighted by Gasteiger charge is -2.30. The summed E-state index contributed by atoms with van der Waals surface area (Å²) in [6, 6.07) is 14.4. The predicted molar refractivity (Wildman–Crippen MR) is 196 cm³/mol. The summed E-state index contributed by atoms with van der Waals surface area (Å²) < 4.78 is 39.1. The molecule has 2 aromatic carbocycles. The average molecular weight is 749 g/mol. The smallest absolute Gasteiger partial charge is 0.408 e. The van der Waals surface area contributed by atoms with E-state index in [1.165, 1.54) is 4.90 Å². The number of benzene rings is 2. The van der Waals surface area contributed by atoms with E-state index in [-0.39, 0.29) is 31.4 Å². The Labute approximate surface area is 310 Å². The molecule has 13 nitrogen and oxygen atoms in total. The van der Waals surface area contributed by atoms with Crippen LogP contribution in [0.25, 0.3) is 11.1 Å². The van der Waals surface area contributed by atoms with Gasteiger partial charge >= 0.3 is 12.1 Å². The molecule has 2 saturated carbocycles. The lowest BCUT2D eigenvalue weighted by atomic mass is 10.0. The van der Waals surface area contributed by atoms with Gasteiger partial charge in [0.2, 0.25) is 21.8 Å². The third kappa shape index (κ3) is 9.27. The molecule has 0 aromatic heterocycles. The maximum Gasteiger partial charge on any atom is 0.408 e. The van der Waals surface area contributed by atoms with Crippen molar-refractivity contribution in [1.82, 2.24) is 20.3 Å². The molecule has 4 aliphatic rings. The Balaban J connectivity index is 1.25. The number of carbonyl (C=O) groups excluding carboxylic acids is 5. The molecule has 6 rings (SSSR count). The lowest BCUT2D eigenvalue weighted by Crippen LogP contribution is -2.58. The normalized spacial score (nSPS) is 27.1. The fourth-order valence-corrected chi connectivity index (χ4v) is 8.31. The van der Waals surface area contributed by atoms with E-state index in [1.807, 2.05) is 54.6 Å². The molecule has 0 radical (unpaired) electrons. The zero-order valence-electron chi connectivity index (χ0n) is 30.3. The average Bonchev–Trinajstić information content (AvgIpc) is 4.03. The number of hydrogen-bond acceptors (Lipinski definition) is 9. The second-order valence-electron chi connectivity index (χ2n) is 15.4. The number of fused-ring (bicyclic) bond motifs is 2. The maximum absolute atomic E-state index is 14.3. The summed E-state index contributed by atoms with van der Waals surface area (Å²) in [4.78, 5) is 69.7. The van der Waals surface area contributed by atoms with E-state index in [4.69, 9.17) is 9.47 Å². The fraction of sp³-hybridized carbons (Fsp3) is 0.513. The number of sulfonamides is 1. The molecule has 3 N–H and O–H groups in total. The quantitative estimate of drug-likeness (QED) is 0.274. The third-order valence-corrected chi connectivity index (χ3v) is 11.9. The largest absolute Gasteiger partial charge is 0.457 e. The first kappa shape index (κ1) is 38.0. The Kier molecular flexibility index (Phi) is 11.0. The van der Waals surface area contributed by atoms with Gasteiger partial charge in [-0.1, -0.05) is 67.5 Å². The summed E-state index contributed by atoms with van der Waals surface area (Å²) in [5.74, 6) is -3.16. The second-order valence-corrected chi connectivity index (χ2v) is 17.4. The van der Waals surface area contributed by atoms with Crippen molar-refractivity contribution in [2.75, 3.05) is 6.54 Å². The number of hydrogen-bond donors (Lipinski definition) is 3. The van der Waals surface area contributed by atoms with Gasteiger partial charge in [0.1, 0.15) is 29.3 Å². The summed E-state index contributed by atoms with van der Waals surface area (Å²) in [6.07, 6.45) is 6.16. The van der Waals surface area contributed by atoms with E-state index in [9.17, 15) is 32.4 Å². The SMILES string of the molecule is CC(C)(C)OC(=O)NC1CCCCC/C=C/C2CC2(C(=O)NS(=O)(=O)C2CC2)NC(=O)C2CC(OC(=O)c3ccc(-c4ccccc4)cc3)CN2C1=O. The van der Waals surface area contributed by atoms with Gasteiger partial charge in [-0.3, -0.25) is 19.1 Å². The van der Waals surface area contributed by atoms with E-state index in [2.05, 4.69) is 15.4 Å². The molecule has 4 amide bonds. The first-order valence-electron chi connectivity index (χ1n) is 18.4. The van der Waals surface area contributed by atoms with Crippen LogP contribution in [0.3, 0.4) is 0 Å². The van der Waals surface area contributed by atoms with Crippen molar-refractivity contribution in [2.24, 2.45) is 5.92 Å². The van der Waals surface area contributed by atoms with Gasteiger partial charge in [0.25, 0.3) is 5.91 Å². The molecule has 1 saturated heterocycles. The summed E-state index contributed by atoms with van der Waals surface area (Å²) >= 11 is 0. The molecule has 5 unspecified atom stereocenters. The van der Waals surface area contributed by atoms with Gasteiger partial charge in [-0.05, 0) is 82.6 Å². The predicted octanol–water partition coefficient (Wildman–Crippen LogP) is 4.38.